The van der Waals surface area contributed by atoms with Crippen LogP contribution in [-0.2, 0) is 17.4 Å². The number of hydrogen-bond acceptors (Lipinski definition) is 10. The number of Topliss-reactive ketones (excluding diaryl/α,β-unsaturated/α-hetero) is 2. The standard InChI is InChI=1S/C42H63BrFN3O7Si/c1-14-16-18-51-35-29-25(32(44)26(31(35)43)22-47(11)23-40(3,4)5)20-24-21-27-33(46(9)10)36-30(39(45-53-36)52-19-17-15-2)38(50)42(27,37(49)28(24)34(29)48)54-55(12,13)41(6,7)8/h24,27,33,49H,14-23H2,1-13H3/t24-,27-,33-,42-/m0/s1. The molecule has 5 rings (SSSR count). The summed E-state index contributed by atoms with van der Waals surface area (Å²) in [4.78, 5) is 34.6. The predicted molar refractivity (Wildman–Crippen MR) is 218 cm³/mol. The molecule has 3 aliphatic carbocycles. The molecule has 1 aromatic carbocycles. The number of halogens is 2. The maximum Gasteiger partial charge on any atom is 0.265 e. The van der Waals surface area contributed by atoms with Crippen molar-refractivity contribution in [2.75, 3.05) is 40.9 Å². The number of unbranched alkanes of at least 4 members (excludes halogenated alkanes) is 2. The second kappa shape index (κ2) is 16.0. The molecule has 0 bridgehead atoms. The van der Waals surface area contributed by atoms with Gasteiger partial charge in [0, 0.05) is 35.7 Å². The molecule has 1 N–H and O–H groups in total. The zero-order valence-electron chi connectivity index (χ0n) is 35.3. The topological polar surface area (TPSA) is 115 Å². The lowest BCUT2D eigenvalue weighted by atomic mass is 9.58. The first-order valence-electron chi connectivity index (χ1n) is 19.9. The zero-order chi connectivity index (χ0) is 41.0. The van der Waals surface area contributed by atoms with Crippen LogP contribution in [0.15, 0.2) is 20.3 Å². The van der Waals surface area contributed by atoms with Gasteiger partial charge in [-0.1, -0.05) is 68.2 Å². The van der Waals surface area contributed by atoms with Crippen LogP contribution in [-0.4, -0.2) is 86.4 Å². The molecule has 0 fully saturated rings. The van der Waals surface area contributed by atoms with E-state index in [4.69, 9.17) is 18.4 Å². The first kappa shape index (κ1) is 43.5. The largest absolute Gasteiger partial charge is 0.508 e. The van der Waals surface area contributed by atoms with E-state index >= 15 is 14.0 Å². The van der Waals surface area contributed by atoms with Gasteiger partial charge < -0.3 is 28.4 Å². The van der Waals surface area contributed by atoms with Gasteiger partial charge in [0.25, 0.3) is 5.88 Å². The second-order valence-corrected chi connectivity index (χ2v) is 24.3. The minimum atomic E-state index is -2.88. The third-order valence-corrected chi connectivity index (χ3v) is 17.1. The fraction of sp³-hybridized carbons (Fsp3) is 0.690. The maximum atomic E-state index is 17.1. The number of aromatic nitrogens is 1. The Balaban J connectivity index is 1.78. The van der Waals surface area contributed by atoms with Gasteiger partial charge in [-0.15, -0.1) is 0 Å². The highest BCUT2D eigenvalue weighted by Gasteiger charge is 2.67. The molecule has 306 valence electrons. The van der Waals surface area contributed by atoms with Crippen LogP contribution in [0.5, 0.6) is 11.6 Å². The van der Waals surface area contributed by atoms with E-state index in [1.807, 2.05) is 53.0 Å². The van der Waals surface area contributed by atoms with Gasteiger partial charge in [-0.05, 0) is 97.4 Å². The number of rotatable bonds is 14. The summed E-state index contributed by atoms with van der Waals surface area (Å²) in [6.45, 7) is 22.4. The van der Waals surface area contributed by atoms with Crippen LogP contribution in [0.1, 0.15) is 131 Å². The molecular weight excluding hydrogens is 785 g/mol. The number of hydrogen-bond donors (Lipinski definition) is 1. The highest BCUT2D eigenvalue weighted by Crippen LogP contribution is 2.60. The van der Waals surface area contributed by atoms with Crippen LogP contribution in [0.4, 0.5) is 4.39 Å². The Labute approximate surface area is 336 Å². The van der Waals surface area contributed by atoms with Gasteiger partial charge in [-0.25, -0.2) is 4.39 Å². The van der Waals surface area contributed by atoms with Crippen LogP contribution >= 0.6 is 15.9 Å². The molecule has 13 heteroatoms. The third-order valence-electron chi connectivity index (χ3n) is 11.9. The van der Waals surface area contributed by atoms with Gasteiger partial charge in [0.1, 0.15) is 22.9 Å². The van der Waals surface area contributed by atoms with Gasteiger partial charge in [0.2, 0.25) is 5.78 Å². The van der Waals surface area contributed by atoms with E-state index < -0.39 is 54.9 Å². The number of aliphatic hydroxyl groups excluding tert-OH is 1. The van der Waals surface area contributed by atoms with Crippen molar-refractivity contribution in [3.8, 4) is 11.6 Å². The summed E-state index contributed by atoms with van der Waals surface area (Å²) in [6, 6.07) is -0.585. The number of carbonyl (C=O) groups is 2. The summed E-state index contributed by atoms with van der Waals surface area (Å²) in [5, 5.41) is 16.8. The Hall–Kier alpha value is -2.58. The second-order valence-electron chi connectivity index (χ2n) is 18.8. The molecule has 0 saturated carbocycles. The van der Waals surface area contributed by atoms with Crippen molar-refractivity contribution in [2.24, 2.45) is 17.3 Å². The van der Waals surface area contributed by atoms with E-state index in [1.54, 1.807) is 0 Å². The van der Waals surface area contributed by atoms with Crippen molar-refractivity contribution in [1.82, 2.24) is 15.0 Å². The Bertz CT molecular complexity index is 1830. The van der Waals surface area contributed by atoms with Crippen molar-refractivity contribution in [1.29, 1.82) is 0 Å². The summed E-state index contributed by atoms with van der Waals surface area (Å²) in [5.41, 5.74) is -0.989. The van der Waals surface area contributed by atoms with Gasteiger partial charge in [-0.2, -0.15) is 0 Å². The van der Waals surface area contributed by atoms with Crippen LogP contribution in [0.25, 0.3) is 0 Å². The SMILES string of the molecule is CCCCOc1noc2c1C(=O)[C@@]1(O[Si](C)(C)C(C)(C)C)C(O)=C3C(=O)c4c(c(F)c(CN(C)CC(C)(C)C)c(Br)c4OCCCC)C[C@H]3C[C@H]1[C@@H]2N(C)C. The van der Waals surface area contributed by atoms with E-state index in [0.29, 0.717) is 35.6 Å². The van der Waals surface area contributed by atoms with E-state index in [9.17, 15) is 5.11 Å². The normalized spacial score (nSPS) is 22.9. The lowest BCUT2D eigenvalue weighted by Gasteiger charge is -2.55. The van der Waals surface area contributed by atoms with E-state index in [1.165, 1.54) is 0 Å². The van der Waals surface area contributed by atoms with Crippen LogP contribution in [0.3, 0.4) is 0 Å². The summed E-state index contributed by atoms with van der Waals surface area (Å²) in [5.74, 6) is -2.61. The predicted octanol–water partition coefficient (Wildman–Crippen LogP) is 9.86. The molecule has 0 saturated heterocycles. The molecule has 1 aromatic heterocycles. The number of benzene rings is 1. The summed E-state index contributed by atoms with van der Waals surface area (Å²) >= 11 is 3.68. The maximum absolute atomic E-state index is 17.1. The van der Waals surface area contributed by atoms with Gasteiger partial charge in [0.05, 0.1) is 29.3 Å². The number of aliphatic hydroxyl groups is 1. The van der Waals surface area contributed by atoms with Crippen molar-refractivity contribution in [2.45, 2.75) is 130 Å². The molecule has 3 aliphatic rings. The van der Waals surface area contributed by atoms with Gasteiger partial charge >= 0.3 is 0 Å². The number of allylic oxidation sites excluding steroid dienone is 1. The Morgan fingerprint density at radius 3 is 2.20 bits per heavy atom. The average Bonchev–Trinajstić information content (AvgIpc) is 3.48. The minimum Gasteiger partial charge on any atom is -0.508 e. The highest BCUT2D eigenvalue weighted by molar-refractivity contribution is 9.10. The monoisotopic (exact) mass is 847 g/mol. The molecular formula is C42H63BrFN3O7Si. The Kier molecular flexibility index (Phi) is 12.7. The number of ether oxygens (including phenoxy) is 2. The molecule has 0 aliphatic heterocycles. The first-order valence-corrected chi connectivity index (χ1v) is 23.6. The summed E-state index contributed by atoms with van der Waals surface area (Å²) in [7, 11) is 2.85. The summed E-state index contributed by atoms with van der Waals surface area (Å²) in [6.07, 6.45) is 3.61. The van der Waals surface area contributed by atoms with Gasteiger partial charge in [-0.3, -0.25) is 14.5 Å². The zero-order valence-corrected chi connectivity index (χ0v) is 37.9. The molecule has 0 radical (unpaired) electrons. The van der Waals surface area contributed by atoms with E-state index in [0.717, 1.165) is 32.2 Å². The quantitative estimate of drug-likeness (QED) is 0.146. The lowest BCUT2D eigenvalue weighted by Crippen LogP contribution is -2.65. The van der Waals surface area contributed by atoms with Crippen LogP contribution in [0.2, 0.25) is 18.1 Å². The smallest absolute Gasteiger partial charge is 0.265 e. The third kappa shape index (κ3) is 7.86. The molecule has 1 heterocycles. The molecule has 0 unspecified atom stereocenters. The highest BCUT2D eigenvalue weighted by atomic mass is 79.9. The van der Waals surface area contributed by atoms with Crippen molar-refractivity contribution in [3.05, 3.63) is 49.6 Å². The van der Waals surface area contributed by atoms with Crippen molar-refractivity contribution < 1.29 is 37.5 Å². The molecule has 0 spiro atoms. The first-order chi connectivity index (χ1) is 25.5. The Morgan fingerprint density at radius 1 is 1.02 bits per heavy atom. The number of fused-ring (bicyclic) bond motifs is 4. The van der Waals surface area contributed by atoms with Crippen molar-refractivity contribution >= 4 is 35.8 Å². The average molecular weight is 849 g/mol. The molecule has 0 amide bonds. The number of carbonyl (C=O) groups excluding carboxylic acids is 2. The van der Waals surface area contributed by atoms with E-state index in [-0.39, 0.29) is 57.2 Å². The number of ketones is 2. The van der Waals surface area contributed by atoms with Crippen LogP contribution < -0.4 is 9.47 Å². The van der Waals surface area contributed by atoms with Crippen LogP contribution in [0, 0.1) is 23.1 Å². The van der Waals surface area contributed by atoms with E-state index in [2.05, 4.69) is 67.5 Å². The fourth-order valence-electron chi connectivity index (χ4n) is 8.38. The number of nitrogens with zero attached hydrogens (tertiary/aromatic N) is 3. The molecule has 10 nitrogen and oxygen atoms in total. The minimum absolute atomic E-state index is 0.0210. The molecule has 55 heavy (non-hydrogen) atoms. The Morgan fingerprint density at radius 2 is 1.64 bits per heavy atom. The lowest BCUT2D eigenvalue weighted by molar-refractivity contribution is -0.0481. The molecule has 4 atom stereocenters. The molecule has 2 aromatic rings. The summed E-state index contributed by atoms with van der Waals surface area (Å²) < 4.78 is 43.1. The van der Waals surface area contributed by atoms with Gasteiger partial charge in [0.15, 0.2) is 25.5 Å². The van der Waals surface area contributed by atoms with Crippen molar-refractivity contribution in [3.63, 3.8) is 0 Å². The fourth-order valence-corrected chi connectivity index (χ4v) is 10.4.